The Balaban J connectivity index is 2.39. The average Bonchev–Trinajstić information content (AvgIpc) is 2.62. The molecule has 0 bridgehead atoms. The molecule has 0 aliphatic rings. The summed E-state index contributed by atoms with van der Waals surface area (Å²) in [6.07, 6.45) is 1.46. The lowest BCUT2D eigenvalue weighted by molar-refractivity contribution is -0.112. The van der Waals surface area contributed by atoms with Gasteiger partial charge in [-0.05, 0) is 80.8 Å². The van der Waals surface area contributed by atoms with E-state index in [2.05, 4.69) is 37.2 Å². The number of methoxy groups -OCH3 is 2. The number of anilines is 1. The topological polar surface area (TPSA) is 71.3 Å². The first-order valence-electron chi connectivity index (χ1n) is 7.50. The van der Waals surface area contributed by atoms with Crippen molar-refractivity contribution in [2.75, 3.05) is 19.5 Å². The van der Waals surface area contributed by atoms with Crippen molar-refractivity contribution in [3.05, 3.63) is 56.0 Å². The van der Waals surface area contributed by atoms with E-state index >= 15 is 0 Å². The van der Waals surface area contributed by atoms with Crippen LogP contribution in [0.3, 0.4) is 0 Å². The third-order valence-electron chi connectivity index (χ3n) is 3.53. The van der Waals surface area contributed by atoms with E-state index in [9.17, 15) is 10.1 Å². The number of amides is 1. The summed E-state index contributed by atoms with van der Waals surface area (Å²) >= 11 is 6.84. The molecule has 0 radical (unpaired) electrons. The van der Waals surface area contributed by atoms with Gasteiger partial charge in [-0.2, -0.15) is 5.26 Å². The number of rotatable bonds is 5. The molecule has 2 rings (SSSR count). The molecule has 0 fully saturated rings. The minimum absolute atomic E-state index is 0.0593. The summed E-state index contributed by atoms with van der Waals surface area (Å²) in [6, 6.07) is 10.8. The highest BCUT2D eigenvalue weighted by atomic mass is 79.9. The van der Waals surface area contributed by atoms with Crippen molar-refractivity contribution in [1.29, 1.82) is 5.26 Å². The Morgan fingerprint density at radius 2 is 1.81 bits per heavy atom. The zero-order chi connectivity index (χ0) is 19.3. The standard InChI is InChI=1S/C19H16Br2N2O3/c1-11-6-15(20)18(16(21)7-11)23-19(24)13(10-22)8-12-9-14(25-2)4-5-17(12)26-3/h4-9H,1-3H3,(H,23,24)/b13-8+. The number of aryl methyl sites for hydroxylation is 1. The molecule has 0 saturated carbocycles. The van der Waals surface area contributed by atoms with Gasteiger partial charge in [0.25, 0.3) is 5.91 Å². The number of ether oxygens (including phenoxy) is 2. The molecule has 0 saturated heterocycles. The first-order valence-corrected chi connectivity index (χ1v) is 9.09. The van der Waals surface area contributed by atoms with Crippen LogP contribution in [0.1, 0.15) is 11.1 Å². The normalized spacial score (nSPS) is 10.8. The summed E-state index contributed by atoms with van der Waals surface area (Å²) in [5.41, 5.74) is 2.09. The van der Waals surface area contributed by atoms with E-state index in [1.165, 1.54) is 13.2 Å². The van der Waals surface area contributed by atoms with Gasteiger partial charge in [0.1, 0.15) is 23.1 Å². The molecule has 2 aromatic carbocycles. The second-order valence-corrected chi connectivity index (χ2v) is 7.04. The Kier molecular flexibility index (Phi) is 6.83. The van der Waals surface area contributed by atoms with E-state index in [0.29, 0.717) is 31.7 Å². The van der Waals surface area contributed by atoms with Crippen molar-refractivity contribution < 1.29 is 14.3 Å². The van der Waals surface area contributed by atoms with Crippen LogP contribution in [0, 0.1) is 18.3 Å². The van der Waals surface area contributed by atoms with Crippen molar-refractivity contribution in [2.45, 2.75) is 6.92 Å². The van der Waals surface area contributed by atoms with Gasteiger partial charge in [-0.25, -0.2) is 0 Å². The highest BCUT2D eigenvalue weighted by molar-refractivity contribution is 9.11. The molecule has 2 aromatic rings. The number of nitrogens with one attached hydrogen (secondary N) is 1. The molecule has 5 nitrogen and oxygen atoms in total. The van der Waals surface area contributed by atoms with Crippen LogP contribution in [0.15, 0.2) is 44.9 Å². The third-order valence-corrected chi connectivity index (χ3v) is 4.78. The molecule has 0 spiro atoms. The third kappa shape index (κ3) is 4.65. The van der Waals surface area contributed by atoms with Crippen LogP contribution >= 0.6 is 31.9 Å². The molecule has 0 heterocycles. The van der Waals surface area contributed by atoms with Gasteiger partial charge in [0.15, 0.2) is 0 Å². The van der Waals surface area contributed by atoms with Gasteiger partial charge >= 0.3 is 0 Å². The van der Waals surface area contributed by atoms with E-state index in [1.54, 1.807) is 25.3 Å². The van der Waals surface area contributed by atoms with Gasteiger partial charge in [-0.3, -0.25) is 4.79 Å². The van der Waals surface area contributed by atoms with Gasteiger partial charge in [-0.1, -0.05) is 0 Å². The molecule has 134 valence electrons. The summed E-state index contributed by atoms with van der Waals surface area (Å²) in [7, 11) is 3.06. The zero-order valence-electron chi connectivity index (χ0n) is 14.4. The molecule has 0 aliphatic heterocycles. The van der Waals surface area contributed by atoms with Gasteiger partial charge in [0.2, 0.25) is 0 Å². The van der Waals surface area contributed by atoms with Gasteiger partial charge in [-0.15, -0.1) is 0 Å². The molecular formula is C19H16Br2N2O3. The number of nitriles is 1. The van der Waals surface area contributed by atoms with Crippen LogP contribution in [0.4, 0.5) is 5.69 Å². The van der Waals surface area contributed by atoms with Crippen LogP contribution in [-0.2, 0) is 4.79 Å². The Hall–Kier alpha value is -2.30. The summed E-state index contributed by atoms with van der Waals surface area (Å²) in [4.78, 5) is 12.6. The minimum atomic E-state index is -0.525. The summed E-state index contributed by atoms with van der Waals surface area (Å²) in [6.45, 7) is 1.94. The Bertz CT molecular complexity index is 894. The maximum Gasteiger partial charge on any atom is 0.266 e. The van der Waals surface area contributed by atoms with Crippen LogP contribution in [0.5, 0.6) is 11.5 Å². The highest BCUT2D eigenvalue weighted by Gasteiger charge is 2.15. The molecule has 0 aliphatic carbocycles. The summed E-state index contributed by atoms with van der Waals surface area (Å²) in [5.74, 6) is 0.602. The van der Waals surface area contributed by atoms with Crippen molar-refractivity contribution >= 4 is 49.5 Å². The van der Waals surface area contributed by atoms with E-state index in [1.807, 2.05) is 25.1 Å². The smallest absolute Gasteiger partial charge is 0.266 e. The van der Waals surface area contributed by atoms with Crippen molar-refractivity contribution in [3.63, 3.8) is 0 Å². The second-order valence-electron chi connectivity index (χ2n) is 5.34. The maximum absolute atomic E-state index is 12.6. The fourth-order valence-electron chi connectivity index (χ4n) is 2.26. The van der Waals surface area contributed by atoms with Crippen LogP contribution in [0.2, 0.25) is 0 Å². The monoisotopic (exact) mass is 478 g/mol. The van der Waals surface area contributed by atoms with Crippen LogP contribution in [-0.4, -0.2) is 20.1 Å². The number of carbonyl (C=O) groups is 1. The minimum Gasteiger partial charge on any atom is -0.497 e. The van der Waals surface area contributed by atoms with Crippen molar-refractivity contribution in [2.24, 2.45) is 0 Å². The van der Waals surface area contributed by atoms with E-state index < -0.39 is 5.91 Å². The summed E-state index contributed by atoms with van der Waals surface area (Å²) in [5, 5.41) is 12.2. The molecule has 0 atom stereocenters. The molecule has 1 N–H and O–H groups in total. The lowest BCUT2D eigenvalue weighted by atomic mass is 10.1. The first-order chi connectivity index (χ1) is 12.4. The van der Waals surface area contributed by atoms with Gasteiger partial charge in [0, 0.05) is 14.5 Å². The Labute approximate surface area is 168 Å². The first kappa shape index (κ1) is 20.0. The number of benzene rings is 2. The molecule has 1 amide bonds. The molecule has 0 aromatic heterocycles. The van der Waals surface area contributed by atoms with Crippen LogP contribution < -0.4 is 14.8 Å². The number of hydrogen-bond acceptors (Lipinski definition) is 4. The largest absolute Gasteiger partial charge is 0.497 e. The molecule has 26 heavy (non-hydrogen) atoms. The quantitative estimate of drug-likeness (QED) is 0.479. The highest BCUT2D eigenvalue weighted by Crippen LogP contribution is 2.33. The van der Waals surface area contributed by atoms with Crippen molar-refractivity contribution in [1.82, 2.24) is 0 Å². The molecule has 7 heteroatoms. The number of nitrogens with zero attached hydrogens (tertiary/aromatic N) is 1. The fraction of sp³-hybridized carbons (Fsp3) is 0.158. The summed E-state index contributed by atoms with van der Waals surface area (Å²) < 4.78 is 11.9. The average molecular weight is 480 g/mol. The lowest BCUT2D eigenvalue weighted by Gasteiger charge is -2.11. The van der Waals surface area contributed by atoms with Gasteiger partial charge in [0.05, 0.1) is 19.9 Å². The van der Waals surface area contributed by atoms with E-state index in [0.717, 1.165) is 5.56 Å². The van der Waals surface area contributed by atoms with Gasteiger partial charge < -0.3 is 14.8 Å². The second kappa shape index (κ2) is 8.88. The van der Waals surface area contributed by atoms with Crippen molar-refractivity contribution in [3.8, 4) is 17.6 Å². The number of hydrogen-bond donors (Lipinski definition) is 1. The molecule has 0 unspecified atom stereocenters. The predicted octanol–water partition coefficient (Wildman–Crippen LogP) is 5.08. The zero-order valence-corrected chi connectivity index (χ0v) is 17.6. The maximum atomic E-state index is 12.6. The SMILES string of the molecule is COc1ccc(OC)c(/C=C(\C#N)C(=O)Nc2c(Br)cc(C)cc2Br)c1. The Morgan fingerprint density at radius 3 is 2.35 bits per heavy atom. The number of halogens is 2. The Morgan fingerprint density at radius 1 is 1.15 bits per heavy atom. The molecular weight excluding hydrogens is 464 g/mol. The van der Waals surface area contributed by atoms with E-state index in [-0.39, 0.29) is 5.57 Å². The van der Waals surface area contributed by atoms with E-state index in [4.69, 9.17) is 9.47 Å². The predicted molar refractivity (Wildman–Crippen MR) is 108 cm³/mol. The lowest BCUT2D eigenvalue weighted by Crippen LogP contribution is -2.14. The van der Waals surface area contributed by atoms with Crippen LogP contribution in [0.25, 0.3) is 6.08 Å². The fourth-order valence-corrected chi connectivity index (χ4v) is 3.87. The number of carbonyl (C=O) groups excluding carboxylic acids is 1.